The molecule has 1 heterocycles. The van der Waals surface area contributed by atoms with E-state index in [1.807, 2.05) is 12.5 Å². The van der Waals surface area contributed by atoms with Crippen molar-refractivity contribution < 1.29 is 24.3 Å². The quantitative estimate of drug-likeness (QED) is 0.0531. The number of hydrogen-bond acceptors (Lipinski definition) is 9. The van der Waals surface area contributed by atoms with Crippen molar-refractivity contribution in [2.45, 2.75) is 56.3 Å². The van der Waals surface area contributed by atoms with Crippen LogP contribution in [0.4, 0.5) is 0 Å². The number of H-pyrrole nitrogens is 1. The van der Waals surface area contributed by atoms with Gasteiger partial charge in [0.2, 0.25) is 17.7 Å². The van der Waals surface area contributed by atoms with Crippen molar-refractivity contribution in [3.63, 3.8) is 0 Å². The molecule has 16 heteroatoms. The zero-order valence-electron chi connectivity index (χ0n) is 21.6. The average molecular weight is 574 g/mol. The number of nitrogens with zero attached hydrogens (tertiary/aromatic N) is 2. The summed E-state index contributed by atoms with van der Waals surface area (Å²) in [6, 6.07) is -4.02. The molecule has 0 saturated heterocycles. The first-order valence-corrected chi connectivity index (χ1v) is 14.8. The molecule has 0 aromatic carbocycles. The van der Waals surface area contributed by atoms with Crippen LogP contribution in [-0.2, 0) is 25.6 Å². The molecule has 11 N–H and O–H groups in total. The lowest BCUT2D eigenvalue weighted by atomic mass is 10.1. The topological polar surface area (TPSA) is 244 Å². The molecule has 3 amide bonds. The summed E-state index contributed by atoms with van der Waals surface area (Å²) in [5.41, 5.74) is 17.1. The Labute approximate surface area is 230 Å². The van der Waals surface area contributed by atoms with Crippen molar-refractivity contribution in [3.05, 3.63) is 18.2 Å². The standard InChI is InChI=1S/C22H39N9O5S2/c1-37-8-5-15(29-18(32)14(23)4-3-7-27-22(24)25)19(33)30-16(6-9-38-2)20(34)31-17(21(35)36)10-13-11-26-12-28-13/h11-12,14-17H,3-10,23H2,1-2H3,(H,26,28)(H,29,32)(H,30,33)(H,31,34)(H,35,36)(H4,24,25,27). The number of imidazole rings is 1. The smallest absolute Gasteiger partial charge is 0.326 e. The lowest BCUT2D eigenvalue weighted by Gasteiger charge is -2.25. The molecule has 0 aliphatic heterocycles. The number of rotatable bonds is 19. The Hall–Kier alpha value is -2.98. The minimum atomic E-state index is -1.22. The van der Waals surface area contributed by atoms with Gasteiger partial charge in [0, 0.05) is 24.9 Å². The molecular formula is C22H39N9O5S2. The van der Waals surface area contributed by atoms with E-state index in [0.717, 1.165) is 0 Å². The van der Waals surface area contributed by atoms with Crippen LogP contribution in [0.25, 0.3) is 0 Å². The van der Waals surface area contributed by atoms with E-state index in [4.69, 9.17) is 17.2 Å². The lowest BCUT2D eigenvalue weighted by molar-refractivity contribution is -0.142. The van der Waals surface area contributed by atoms with Gasteiger partial charge >= 0.3 is 5.97 Å². The molecule has 0 bridgehead atoms. The number of carboxylic acids is 1. The van der Waals surface area contributed by atoms with Gasteiger partial charge in [0.25, 0.3) is 0 Å². The van der Waals surface area contributed by atoms with E-state index >= 15 is 0 Å². The molecule has 1 aromatic heterocycles. The molecule has 0 aliphatic carbocycles. The number of carboxylic acid groups (broad SMARTS) is 1. The first-order chi connectivity index (χ1) is 18.1. The van der Waals surface area contributed by atoms with Gasteiger partial charge in [0.05, 0.1) is 12.4 Å². The Morgan fingerprint density at radius 2 is 1.53 bits per heavy atom. The second-order valence-electron chi connectivity index (χ2n) is 8.42. The van der Waals surface area contributed by atoms with Gasteiger partial charge in [-0.05, 0) is 49.7 Å². The summed E-state index contributed by atoms with van der Waals surface area (Å²) in [6.45, 7) is 0.323. The van der Waals surface area contributed by atoms with Crippen molar-refractivity contribution in [1.82, 2.24) is 25.9 Å². The Bertz CT molecular complexity index is 913. The minimum Gasteiger partial charge on any atom is -0.480 e. The van der Waals surface area contributed by atoms with Crippen LogP contribution < -0.4 is 33.2 Å². The van der Waals surface area contributed by atoms with E-state index in [0.29, 0.717) is 43.0 Å². The third-order valence-electron chi connectivity index (χ3n) is 5.39. The van der Waals surface area contributed by atoms with Crippen molar-refractivity contribution in [3.8, 4) is 0 Å². The van der Waals surface area contributed by atoms with Gasteiger partial charge in [-0.15, -0.1) is 0 Å². The fraction of sp³-hybridized carbons (Fsp3) is 0.636. The molecule has 38 heavy (non-hydrogen) atoms. The molecule has 0 spiro atoms. The van der Waals surface area contributed by atoms with Gasteiger partial charge in [0.1, 0.15) is 18.1 Å². The summed E-state index contributed by atoms with van der Waals surface area (Å²) >= 11 is 2.97. The number of guanidine groups is 1. The number of aromatic amines is 1. The number of aliphatic carboxylic acids is 1. The highest BCUT2D eigenvalue weighted by atomic mass is 32.2. The third-order valence-corrected chi connectivity index (χ3v) is 6.67. The summed E-state index contributed by atoms with van der Waals surface area (Å²) in [6.07, 6.45) is 7.97. The van der Waals surface area contributed by atoms with Crippen molar-refractivity contribution >= 4 is 53.2 Å². The molecule has 0 radical (unpaired) electrons. The van der Waals surface area contributed by atoms with Crippen LogP contribution >= 0.6 is 23.5 Å². The molecule has 4 unspecified atom stereocenters. The number of amides is 3. The number of aliphatic imine (C=N–C) groups is 1. The number of thioether (sulfide) groups is 2. The number of nitrogens with one attached hydrogen (secondary N) is 4. The number of aromatic nitrogens is 2. The van der Waals surface area contributed by atoms with Crippen LogP contribution in [0.5, 0.6) is 0 Å². The monoisotopic (exact) mass is 573 g/mol. The number of nitrogens with two attached hydrogens (primary N) is 3. The SMILES string of the molecule is CSCCC(NC(=O)C(N)CCCN=C(N)N)C(=O)NC(CCSC)C(=O)NC(Cc1cnc[nH]1)C(=O)O. The van der Waals surface area contributed by atoms with Crippen LogP contribution in [0.1, 0.15) is 31.4 Å². The summed E-state index contributed by atoms with van der Waals surface area (Å²) in [5, 5.41) is 17.4. The van der Waals surface area contributed by atoms with E-state index in [9.17, 15) is 24.3 Å². The maximum Gasteiger partial charge on any atom is 0.326 e. The predicted molar refractivity (Wildman–Crippen MR) is 150 cm³/mol. The largest absolute Gasteiger partial charge is 0.480 e. The molecule has 0 saturated carbocycles. The van der Waals surface area contributed by atoms with Crippen LogP contribution in [0.3, 0.4) is 0 Å². The molecule has 4 atom stereocenters. The normalized spacial score (nSPS) is 14.0. The van der Waals surface area contributed by atoms with E-state index in [-0.39, 0.29) is 18.8 Å². The van der Waals surface area contributed by atoms with Crippen LogP contribution in [-0.4, -0.2) is 99.5 Å². The Kier molecular flexibility index (Phi) is 15.9. The molecule has 1 rings (SSSR count). The van der Waals surface area contributed by atoms with Crippen molar-refractivity contribution in [2.75, 3.05) is 30.6 Å². The summed E-state index contributed by atoms with van der Waals surface area (Å²) < 4.78 is 0. The first-order valence-electron chi connectivity index (χ1n) is 12.0. The van der Waals surface area contributed by atoms with Crippen LogP contribution in [0, 0.1) is 0 Å². The van der Waals surface area contributed by atoms with E-state index < -0.39 is 47.9 Å². The molecule has 214 valence electrons. The molecule has 1 aromatic rings. The van der Waals surface area contributed by atoms with Crippen molar-refractivity contribution in [2.24, 2.45) is 22.2 Å². The fourth-order valence-electron chi connectivity index (χ4n) is 3.30. The molecule has 0 fully saturated rings. The Morgan fingerprint density at radius 3 is 2.00 bits per heavy atom. The fourth-order valence-corrected chi connectivity index (χ4v) is 4.24. The first kappa shape index (κ1) is 33.0. The van der Waals surface area contributed by atoms with Crippen molar-refractivity contribution in [1.29, 1.82) is 0 Å². The zero-order chi connectivity index (χ0) is 28.5. The number of hydrogen-bond donors (Lipinski definition) is 8. The second-order valence-corrected chi connectivity index (χ2v) is 10.4. The maximum atomic E-state index is 13.2. The minimum absolute atomic E-state index is 0.00224. The zero-order valence-corrected chi connectivity index (χ0v) is 23.3. The molecule has 14 nitrogen and oxygen atoms in total. The summed E-state index contributed by atoms with van der Waals surface area (Å²) in [7, 11) is 0. The van der Waals surface area contributed by atoms with Crippen LogP contribution in [0.2, 0.25) is 0 Å². The highest BCUT2D eigenvalue weighted by molar-refractivity contribution is 7.98. The molecule has 0 aliphatic rings. The van der Waals surface area contributed by atoms with Gasteiger partial charge in [0.15, 0.2) is 5.96 Å². The second kappa shape index (κ2) is 18.3. The maximum absolute atomic E-state index is 13.2. The van der Waals surface area contributed by atoms with E-state index in [1.165, 1.54) is 36.0 Å². The summed E-state index contributed by atoms with van der Waals surface area (Å²) in [5.74, 6) is -1.85. The van der Waals surface area contributed by atoms with Gasteiger partial charge < -0.3 is 43.2 Å². The van der Waals surface area contributed by atoms with E-state index in [2.05, 4.69) is 30.9 Å². The number of carbonyl (C=O) groups is 4. The van der Waals surface area contributed by atoms with Crippen LogP contribution in [0.15, 0.2) is 17.5 Å². The highest BCUT2D eigenvalue weighted by Gasteiger charge is 2.30. The predicted octanol–water partition coefficient (Wildman–Crippen LogP) is -1.62. The average Bonchev–Trinajstić information content (AvgIpc) is 3.38. The van der Waals surface area contributed by atoms with Gasteiger partial charge in [-0.3, -0.25) is 19.4 Å². The lowest BCUT2D eigenvalue weighted by Crippen LogP contribution is -2.57. The van der Waals surface area contributed by atoms with E-state index in [1.54, 1.807) is 0 Å². The Morgan fingerprint density at radius 1 is 0.974 bits per heavy atom. The highest BCUT2D eigenvalue weighted by Crippen LogP contribution is 2.07. The Balaban J connectivity index is 2.87. The number of carbonyl (C=O) groups excluding carboxylic acids is 3. The van der Waals surface area contributed by atoms with Gasteiger partial charge in [-0.1, -0.05) is 0 Å². The molecular weight excluding hydrogens is 534 g/mol. The third kappa shape index (κ3) is 13.0. The van der Waals surface area contributed by atoms with Gasteiger partial charge in [-0.2, -0.15) is 23.5 Å². The van der Waals surface area contributed by atoms with Gasteiger partial charge in [-0.25, -0.2) is 9.78 Å². The summed E-state index contributed by atoms with van der Waals surface area (Å²) in [4.78, 5) is 61.1.